The van der Waals surface area contributed by atoms with E-state index in [2.05, 4.69) is 0 Å². The van der Waals surface area contributed by atoms with Crippen LogP contribution in [0.3, 0.4) is 0 Å². The third-order valence-corrected chi connectivity index (χ3v) is 4.76. The number of benzene rings is 1. The van der Waals surface area contributed by atoms with Crippen LogP contribution in [0.25, 0.3) is 0 Å². The van der Waals surface area contributed by atoms with Crippen LogP contribution in [0, 0.1) is 5.82 Å². The molecule has 1 atom stereocenters. The van der Waals surface area contributed by atoms with E-state index < -0.39 is 27.5 Å². The maximum Gasteiger partial charge on any atom is 0.303 e. The van der Waals surface area contributed by atoms with E-state index in [-0.39, 0.29) is 23.5 Å². The Labute approximate surface area is 98.0 Å². The van der Waals surface area contributed by atoms with Gasteiger partial charge in [0.05, 0.1) is 10.6 Å². The van der Waals surface area contributed by atoms with E-state index in [1.54, 1.807) is 0 Å². The lowest BCUT2D eigenvalue weighted by molar-refractivity contribution is -0.137. The first-order chi connectivity index (χ1) is 7.90. The third-order valence-electron chi connectivity index (χ3n) is 2.87. The molecule has 0 aromatic heterocycles. The van der Waals surface area contributed by atoms with Crippen molar-refractivity contribution in [2.75, 3.05) is 5.75 Å². The van der Waals surface area contributed by atoms with Crippen LogP contribution < -0.4 is 0 Å². The molecule has 0 radical (unpaired) electrons. The normalized spacial score (nSPS) is 21.1. The minimum Gasteiger partial charge on any atom is -0.481 e. The van der Waals surface area contributed by atoms with E-state index in [0.29, 0.717) is 5.56 Å². The topological polar surface area (TPSA) is 71.4 Å². The summed E-state index contributed by atoms with van der Waals surface area (Å²) >= 11 is 0. The lowest BCUT2D eigenvalue weighted by Gasteiger charge is -2.07. The number of halogens is 1. The van der Waals surface area contributed by atoms with Gasteiger partial charge in [0.15, 0.2) is 9.84 Å². The minimum absolute atomic E-state index is 0.115. The fourth-order valence-electron chi connectivity index (χ4n) is 2.10. The Balaban J connectivity index is 2.36. The second-order valence-electron chi connectivity index (χ2n) is 4.09. The molecule has 4 nitrogen and oxygen atoms in total. The summed E-state index contributed by atoms with van der Waals surface area (Å²) in [5, 5.41) is 8.58. The van der Waals surface area contributed by atoms with Gasteiger partial charge in [-0.15, -0.1) is 0 Å². The fourth-order valence-corrected chi connectivity index (χ4v) is 4.02. The largest absolute Gasteiger partial charge is 0.481 e. The van der Waals surface area contributed by atoms with Crippen molar-refractivity contribution in [1.29, 1.82) is 0 Å². The maximum absolute atomic E-state index is 13.1. The van der Waals surface area contributed by atoms with E-state index in [0.717, 1.165) is 6.07 Å². The number of carboxylic acids is 1. The number of hydrogen-bond donors (Lipinski definition) is 1. The van der Waals surface area contributed by atoms with Crippen LogP contribution in [-0.2, 0) is 14.6 Å². The first-order valence-electron chi connectivity index (χ1n) is 5.14. The summed E-state index contributed by atoms with van der Waals surface area (Å²) in [6, 6.07) is 3.54. The second-order valence-corrected chi connectivity index (χ2v) is 6.10. The first-order valence-corrected chi connectivity index (χ1v) is 6.79. The van der Waals surface area contributed by atoms with Crippen LogP contribution in [0.4, 0.5) is 4.39 Å². The van der Waals surface area contributed by atoms with Crippen LogP contribution in [-0.4, -0.2) is 25.2 Å². The summed E-state index contributed by atoms with van der Waals surface area (Å²) in [7, 11) is -3.38. The average molecular weight is 258 g/mol. The van der Waals surface area contributed by atoms with Crippen LogP contribution >= 0.6 is 0 Å². The van der Waals surface area contributed by atoms with Gasteiger partial charge in [0.2, 0.25) is 0 Å². The predicted octanol–water partition coefficient (Wildman–Crippen LogP) is 1.56. The molecule has 0 saturated carbocycles. The van der Waals surface area contributed by atoms with Gasteiger partial charge in [-0.2, -0.15) is 0 Å². The number of aliphatic carboxylic acids is 1. The third kappa shape index (κ3) is 2.31. The van der Waals surface area contributed by atoms with Crippen molar-refractivity contribution < 1.29 is 22.7 Å². The Morgan fingerprint density at radius 3 is 2.82 bits per heavy atom. The second kappa shape index (κ2) is 4.10. The summed E-state index contributed by atoms with van der Waals surface area (Å²) in [6.07, 6.45) is 0.0984. The highest BCUT2D eigenvalue weighted by Crippen LogP contribution is 2.37. The number of carbonyl (C=O) groups is 1. The number of carboxylic acid groups (broad SMARTS) is 1. The van der Waals surface area contributed by atoms with Crippen LogP contribution in [0.15, 0.2) is 23.1 Å². The molecular formula is C11H11FO4S. The zero-order chi connectivity index (χ0) is 12.6. The lowest BCUT2D eigenvalue weighted by Crippen LogP contribution is -2.06. The zero-order valence-electron chi connectivity index (χ0n) is 8.89. The van der Waals surface area contributed by atoms with Gasteiger partial charge in [-0.05, 0) is 30.2 Å². The van der Waals surface area contributed by atoms with Gasteiger partial charge >= 0.3 is 5.97 Å². The maximum atomic E-state index is 13.1. The molecule has 1 N–H and O–H groups in total. The molecule has 1 aliphatic rings. The SMILES string of the molecule is O=C(O)CCC1CS(=O)(=O)c2ccc(F)cc21. The van der Waals surface area contributed by atoms with Gasteiger partial charge in [0, 0.05) is 12.3 Å². The van der Waals surface area contributed by atoms with E-state index in [1.165, 1.54) is 12.1 Å². The molecule has 17 heavy (non-hydrogen) atoms. The summed E-state index contributed by atoms with van der Waals surface area (Å²) in [4.78, 5) is 10.6. The van der Waals surface area contributed by atoms with Crippen molar-refractivity contribution in [2.24, 2.45) is 0 Å². The van der Waals surface area contributed by atoms with Crippen LogP contribution in [0.5, 0.6) is 0 Å². The molecule has 0 bridgehead atoms. The Kier molecular flexibility index (Phi) is 2.91. The highest BCUT2D eigenvalue weighted by Gasteiger charge is 2.34. The molecule has 1 unspecified atom stereocenters. The predicted molar refractivity (Wildman–Crippen MR) is 58.1 cm³/mol. The summed E-state index contributed by atoms with van der Waals surface area (Å²) in [6.45, 7) is 0. The van der Waals surface area contributed by atoms with Gasteiger partial charge in [-0.3, -0.25) is 4.79 Å². The summed E-state index contributed by atoms with van der Waals surface area (Å²) < 4.78 is 36.6. The van der Waals surface area contributed by atoms with Crippen molar-refractivity contribution in [3.05, 3.63) is 29.6 Å². The number of hydrogen-bond acceptors (Lipinski definition) is 3. The zero-order valence-corrected chi connectivity index (χ0v) is 9.71. The highest BCUT2D eigenvalue weighted by atomic mass is 32.2. The lowest BCUT2D eigenvalue weighted by atomic mass is 9.96. The van der Waals surface area contributed by atoms with Crippen molar-refractivity contribution in [3.63, 3.8) is 0 Å². The molecule has 0 amide bonds. The molecule has 1 aromatic rings. The Morgan fingerprint density at radius 1 is 1.47 bits per heavy atom. The summed E-state index contributed by atoms with van der Waals surface area (Å²) in [5.41, 5.74) is 0.409. The van der Waals surface area contributed by atoms with Crippen molar-refractivity contribution in [2.45, 2.75) is 23.7 Å². The van der Waals surface area contributed by atoms with Crippen LogP contribution in [0.2, 0.25) is 0 Å². The molecule has 0 fully saturated rings. The summed E-state index contributed by atoms with van der Waals surface area (Å²) in [5.74, 6) is -2.02. The van der Waals surface area contributed by atoms with Crippen molar-refractivity contribution in [1.82, 2.24) is 0 Å². The number of fused-ring (bicyclic) bond motifs is 1. The van der Waals surface area contributed by atoms with Gasteiger partial charge < -0.3 is 5.11 Å². The molecule has 1 aromatic carbocycles. The molecule has 0 spiro atoms. The Hall–Kier alpha value is -1.43. The quantitative estimate of drug-likeness (QED) is 0.835. The molecular weight excluding hydrogens is 247 g/mol. The van der Waals surface area contributed by atoms with E-state index >= 15 is 0 Å². The van der Waals surface area contributed by atoms with Gasteiger partial charge in [-0.25, -0.2) is 12.8 Å². The minimum atomic E-state index is -3.38. The molecule has 1 heterocycles. The standard InChI is InChI=1S/C11H11FO4S/c12-8-2-3-10-9(5-8)7(1-4-11(13)14)6-17(10,15)16/h2-3,5,7H,1,4,6H2,(H,13,14). The van der Waals surface area contributed by atoms with E-state index in [9.17, 15) is 17.6 Å². The first kappa shape index (κ1) is 12.0. The fraction of sp³-hybridized carbons (Fsp3) is 0.364. The Morgan fingerprint density at radius 2 is 2.18 bits per heavy atom. The molecule has 0 aliphatic carbocycles. The van der Waals surface area contributed by atoms with E-state index in [4.69, 9.17) is 5.11 Å². The molecule has 1 aliphatic heterocycles. The molecule has 0 saturated heterocycles. The van der Waals surface area contributed by atoms with E-state index in [1.807, 2.05) is 0 Å². The molecule has 6 heteroatoms. The van der Waals surface area contributed by atoms with Crippen molar-refractivity contribution in [3.8, 4) is 0 Å². The molecule has 92 valence electrons. The Bertz CT molecular complexity index is 565. The monoisotopic (exact) mass is 258 g/mol. The van der Waals surface area contributed by atoms with Gasteiger partial charge in [0.25, 0.3) is 0 Å². The highest BCUT2D eigenvalue weighted by molar-refractivity contribution is 7.91. The average Bonchev–Trinajstić information content (AvgIpc) is 2.47. The number of rotatable bonds is 3. The van der Waals surface area contributed by atoms with Crippen molar-refractivity contribution >= 4 is 15.8 Å². The molecule has 2 rings (SSSR count). The van der Waals surface area contributed by atoms with Gasteiger partial charge in [-0.1, -0.05) is 0 Å². The van der Waals surface area contributed by atoms with Crippen LogP contribution in [0.1, 0.15) is 24.3 Å². The smallest absolute Gasteiger partial charge is 0.303 e. The number of sulfone groups is 1. The van der Waals surface area contributed by atoms with Gasteiger partial charge in [0.1, 0.15) is 5.82 Å².